The summed E-state index contributed by atoms with van der Waals surface area (Å²) in [6.45, 7) is 4.42. The van der Waals surface area contributed by atoms with E-state index in [1.54, 1.807) is 0 Å². The predicted octanol–water partition coefficient (Wildman–Crippen LogP) is 3.20. The monoisotopic (exact) mass is 501 g/mol. The van der Waals surface area contributed by atoms with Crippen LogP contribution in [0.1, 0.15) is 25.5 Å². The number of hydrogen-bond donors (Lipinski definition) is 1. The number of benzene rings is 4. The molecule has 0 aromatic heterocycles. The van der Waals surface area contributed by atoms with Crippen LogP contribution in [0.3, 0.4) is 0 Å². The Hall–Kier alpha value is -2.67. The molecule has 0 fully saturated rings. The Labute approximate surface area is 203 Å². The second-order valence-electron chi connectivity index (χ2n) is 7.82. The molecule has 0 heterocycles. The van der Waals surface area contributed by atoms with Crippen LogP contribution in [0.5, 0.6) is 0 Å². The number of allylic oxidation sites excluding steroid dienone is 1. The van der Waals surface area contributed by atoms with Crippen LogP contribution in [-0.2, 0) is 0 Å². The lowest BCUT2D eigenvalue weighted by Crippen LogP contribution is -3.00. The fourth-order valence-corrected chi connectivity index (χ4v) is 8.08. The molecule has 0 saturated carbocycles. The zero-order valence-corrected chi connectivity index (χ0v) is 21.0. The van der Waals surface area contributed by atoms with Gasteiger partial charge in [-0.15, -0.1) is 0 Å². The molecule has 4 rings (SSSR count). The third-order valence-corrected chi connectivity index (χ3v) is 9.73. The van der Waals surface area contributed by atoms with Crippen LogP contribution in [0.4, 0.5) is 0 Å². The highest BCUT2D eigenvalue weighted by molar-refractivity contribution is 7.98. The largest absolute Gasteiger partial charge is 1.00 e. The van der Waals surface area contributed by atoms with E-state index in [0.29, 0.717) is 0 Å². The van der Waals surface area contributed by atoms with Crippen LogP contribution >= 0.6 is 7.26 Å². The fourth-order valence-electron chi connectivity index (χ4n) is 4.15. The standard InChI is InChI=1S/C29H29NP.BrH/c1-24(30-25(2)26-15-7-3-8-16-26)23-31(27-17-9-4-10-18-27,28-19-11-5-12-20-28)29-21-13-6-14-22-29;/h3-23,25,30H,1-2H3;1H/q+1;/p-1/b24-23+;/t25-;/m0./s1. The molecular weight excluding hydrogens is 473 g/mol. The Bertz CT molecular complexity index is 1020. The van der Waals surface area contributed by atoms with Gasteiger partial charge in [0.15, 0.2) is 0 Å². The lowest BCUT2D eigenvalue weighted by molar-refractivity contribution is -0.00000626. The third-order valence-electron chi connectivity index (χ3n) is 5.62. The molecular formula is C29H29BrNP. The van der Waals surface area contributed by atoms with Gasteiger partial charge in [-0.25, -0.2) is 0 Å². The topological polar surface area (TPSA) is 12.0 Å². The van der Waals surface area contributed by atoms with Crippen molar-refractivity contribution >= 4 is 23.2 Å². The normalized spacial score (nSPS) is 12.5. The molecule has 3 heteroatoms. The maximum Gasteiger partial charge on any atom is 0.138 e. The summed E-state index contributed by atoms with van der Waals surface area (Å²) >= 11 is 0. The van der Waals surface area contributed by atoms with E-state index in [-0.39, 0.29) is 23.0 Å². The van der Waals surface area contributed by atoms with Gasteiger partial charge in [0.2, 0.25) is 0 Å². The van der Waals surface area contributed by atoms with Gasteiger partial charge in [-0.1, -0.05) is 84.9 Å². The molecule has 32 heavy (non-hydrogen) atoms. The highest BCUT2D eigenvalue weighted by Crippen LogP contribution is 2.57. The van der Waals surface area contributed by atoms with Crippen molar-refractivity contribution in [3.05, 3.63) is 138 Å². The molecule has 4 aromatic rings. The lowest BCUT2D eigenvalue weighted by atomic mass is 10.1. The van der Waals surface area contributed by atoms with Crippen LogP contribution < -0.4 is 38.2 Å². The minimum absolute atomic E-state index is 0. The predicted molar refractivity (Wildman–Crippen MR) is 137 cm³/mol. The van der Waals surface area contributed by atoms with Crippen LogP contribution in [-0.4, -0.2) is 0 Å². The van der Waals surface area contributed by atoms with Gasteiger partial charge in [0.05, 0.1) is 5.82 Å². The van der Waals surface area contributed by atoms with Crippen molar-refractivity contribution in [2.75, 3.05) is 0 Å². The minimum Gasteiger partial charge on any atom is -1.00 e. The van der Waals surface area contributed by atoms with Crippen LogP contribution in [0.25, 0.3) is 0 Å². The van der Waals surface area contributed by atoms with E-state index < -0.39 is 7.26 Å². The molecule has 4 aromatic carbocycles. The summed E-state index contributed by atoms with van der Waals surface area (Å²) < 4.78 is 0. The Morgan fingerprint density at radius 1 is 0.625 bits per heavy atom. The van der Waals surface area contributed by atoms with Gasteiger partial charge in [0, 0.05) is 11.7 Å². The molecule has 0 aliphatic carbocycles. The summed E-state index contributed by atoms with van der Waals surface area (Å²) in [5.74, 6) is 2.49. The zero-order valence-electron chi connectivity index (χ0n) is 18.5. The van der Waals surface area contributed by atoms with Gasteiger partial charge in [-0.05, 0) is 55.8 Å². The first kappa shape index (κ1) is 24.0. The summed E-state index contributed by atoms with van der Waals surface area (Å²) in [6.07, 6.45) is 0. The first-order valence-electron chi connectivity index (χ1n) is 10.8. The molecule has 0 saturated heterocycles. The first-order valence-corrected chi connectivity index (χ1v) is 12.6. The summed E-state index contributed by atoms with van der Waals surface area (Å²) in [4.78, 5) is 0. The second kappa shape index (κ2) is 11.3. The molecule has 0 spiro atoms. The van der Waals surface area contributed by atoms with Crippen molar-refractivity contribution in [3.63, 3.8) is 0 Å². The molecule has 0 aliphatic heterocycles. The minimum atomic E-state index is -1.98. The highest BCUT2D eigenvalue weighted by Gasteiger charge is 2.43. The van der Waals surface area contributed by atoms with Gasteiger partial charge >= 0.3 is 0 Å². The maximum absolute atomic E-state index is 3.75. The molecule has 1 N–H and O–H groups in total. The quantitative estimate of drug-likeness (QED) is 0.383. The van der Waals surface area contributed by atoms with E-state index in [4.69, 9.17) is 0 Å². The number of rotatable bonds is 7. The second-order valence-corrected chi connectivity index (χ2v) is 11.1. The lowest BCUT2D eigenvalue weighted by Gasteiger charge is -2.26. The smallest absolute Gasteiger partial charge is 0.138 e. The molecule has 0 unspecified atom stereocenters. The highest BCUT2D eigenvalue weighted by atomic mass is 79.9. The average Bonchev–Trinajstić information content (AvgIpc) is 2.85. The Morgan fingerprint density at radius 3 is 1.34 bits per heavy atom. The number of halogens is 1. The van der Waals surface area contributed by atoms with Crippen molar-refractivity contribution in [2.45, 2.75) is 19.9 Å². The van der Waals surface area contributed by atoms with Crippen molar-refractivity contribution < 1.29 is 17.0 Å². The number of hydrogen-bond acceptors (Lipinski definition) is 1. The molecule has 1 nitrogen and oxygen atoms in total. The van der Waals surface area contributed by atoms with E-state index in [9.17, 15) is 0 Å². The van der Waals surface area contributed by atoms with Gasteiger partial charge in [0.25, 0.3) is 0 Å². The van der Waals surface area contributed by atoms with Crippen LogP contribution in [0.15, 0.2) is 133 Å². The Kier molecular flexibility index (Phi) is 8.45. The molecule has 0 amide bonds. The average molecular weight is 502 g/mol. The van der Waals surface area contributed by atoms with Crippen molar-refractivity contribution in [1.82, 2.24) is 5.32 Å². The third kappa shape index (κ3) is 5.21. The molecule has 0 radical (unpaired) electrons. The van der Waals surface area contributed by atoms with Crippen molar-refractivity contribution in [2.24, 2.45) is 0 Å². The van der Waals surface area contributed by atoms with Gasteiger partial charge in [0.1, 0.15) is 23.2 Å². The maximum atomic E-state index is 3.75. The van der Waals surface area contributed by atoms with E-state index in [2.05, 4.69) is 146 Å². The fraction of sp³-hybridized carbons (Fsp3) is 0.103. The molecule has 0 bridgehead atoms. The van der Waals surface area contributed by atoms with Crippen LogP contribution in [0, 0.1) is 0 Å². The van der Waals surface area contributed by atoms with E-state index in [1.165, 1.54) is 27.2 Å². The van der Waals surface area contributed by atoms with Crippen molar-refractivity contribution in [3.8, 4) is 0 Å². The molecule has 1 atom stereocenters. The van der Waals surface area contributed by atoms with E-state index >= 15 is 0 Å². The van der Waals surface area contributed by atoms with E-state index in [0.717, 1.165) is 0 Å². The SMILES string of the molecule is C/C(=C\[P+](c1ccccc1)(c1ccccc1)c1ccccc1)N[C@@H](C)c1ccccc1.[Br-]. The summed E-state index contributed by atoms with van der Waals surface area (Å²) in [6, 6.07) is 43.7. The summed E-state index contributed by atoms with van der Waals surface area (Å²) in [5.41, 5.74) is 2.49. The summed E-state index contributed by atoms with van der Waals surface area (Å²) in [5, 5.41) is 7.84. The van der Waals surface area contributed by atoms with Crippen LogP contribution in [0.2, 0.25) is 0 Å². The Balaban J connectivity index is 0.00000289. The van der Waals surface area contributed by atoms with Gasteiger partial charge in [-0.2, -0.15) is 0 Å². The summed E-state index contributed by atoms with van der Waals surface area (Å²) in [7, 11) is -1.98. The Morgan fingerprint density at radius 2 is 0.969 bits per heavy atom. The van der Waals surface area contributed by atoms with Gasteiger partial charge in [-0.3, -0.25) is 0 Å². The molecule has 162 valence electrons. The van der Waals surface area contributed by atoms with Crippen molar-refractivity contribution in [1.29, 1.82) is 0 Å². The number of nitrogens with one attached hydrogen (secondary N) is 1. The van der Waals surface area contributed by atoms with E-state index in [1.807, 2.05) is 0 Å². The zero-order chi connectivity index (χ0) is 21.5. The molecule has 0 aliphatic rings. The first-order chi connectivity index (χ1) is 15.2. The van der Waals surface area contributed by atoms with Gasteiger partial charge < -0.3 is 22.3 Å².